The van der Waals surface area contributed by atoms with Crippen LogP contribution in [0.3, 0.4) is 0 Å². The molecule has 0 spiro atoms. The summed E-state index contributed by atoms with van der Waals surface area (Å²) in [5.74, 6) is 0.240. The highest BCUT2D eigenvalue weighted by atomic mass is 79.9. The van der Waals surface area contributed by atoms with E-state index in [1.807, 2.05) is 12.4 Å². The van der Waals surface area contributed by atoms with E-state index in [1.165, 1.54) is 17.0 Å². The number of ether oxygens (including phenoxy) is 1. The summed E-state index contributed by atoms with van der Waals surface area (Å²) in [6.45, 7) is 2.50. The van der Waals surface area contributed by atoms with Crippen LogP contribution in [0.4, 0.5) is 4.39 Å². The van der Waals surface area contributed by atoms with E-state index in [9.17, 15) is 4.39 Å². The van der Waals surface area contributed by atoms with Crippen molar-refractivity contribution in [3.63, 3.8) is 0 Å². The summed E-state index contributed by atoms with van der Waals surface area (Å²) in [6, 6.07) is 4.41. The fourth-order valence-electron chi connectivity index (χ4n) is 1.41. The molecule has 1 heterocycles. The maximum absolute atomic E-state index is 13.0. The number of aromatic nitrogens is 1. The zero-order valence-corrected chi connectivity index (χ0v) is 11.6. The van der Waals surface area contributed by atoms with Crippen LogP contribution >= 0.6 is 27.3 Å². The fraction of sp³-hybridized carbons (Fsp3) is 0.250. The fourth-order valence-corrected chi connectivity index (χ4v) is 2.53. The summed E-state index contributed by atoms with van der Waals surface area (Å²) in [4.78, 5) is 5.37. The molecule has 0 unspecified atom stereocenters. The van der Waals surface area contributed by atoms with Crippen molar-refractivity contribution < 1.29 is 9.13 Å². The first-order valence-electron chi connectivity index (χ1n) is 5.13. The van der Waals surface area contributed by atoms with Gasteiger partial charge in [-0.15, -0.1) is 11.3 Å². The van der Waals surface area contributed by atoms with E-state index in [-0.39, 0.29) is 5.82 Å². The van der Waals surface area contributed by atoms with E-state index in [0.717, 1.165) is 16.6 Å². The molecule has 5 heteroatoms. The molecule has 0 N–H and O–H groups in total. The van der Waals surface area contributed by atoms with Crippen molar-refractivity contribution >= 4 is 27.3 Å². The molecule has 2 aromatic rings. The molecule has 17 heavy (non-hydrogen) atoms. The van der Waals surface area contributed by atoms with Gasteiger partial charge < -0.3 is 4.74 Å². The Morgan fingerprint density at radius 2 is 2.29 bits per heavy atom. The summed E-state index contributed by atoms with van der Waals surface area (Å²) in [5, 5.41) is 0. The van der Waals surface area contributed by atoms with Crippen molar-refractivity contribution in [2.45, 2.75) is 13.3 Å². The van der Waals surface area contributed by atoms with Crippen molar-refractivity contribution in [2.75, 3.05) is 6.61 Å². The quantitative estimate of drug-likeness (QED) is 0.851. The lowest BCUT2D eigenvalue weighted by atomic mass is 10.3. The predicted molar refractivity (Wildman–Crippen MR) is 70.2 cm³/mol. The number of halogens is 2. The van der Waals surface area contributed by atoms with E-state index in [1.54, 1.807) is 17.4 Å². The second kappa shape index (κ2) is 5.60. The number of hydrogen-bond donors (Lipinski definition) is 0. The highest BCUT2D eigenvalue weighted by molar-refractivity contribution is 9.10. The van der Waals surface area contributed by atoms with Gasteiger partial charge in [-0.05, 0) is 35.0 Å². The number of rotatable bonds is 4. The highest BCUT2D eigenvalue weighted by Gasteiger charge is 2.05. The van der Waals surface area contributed by atoms with Gasteiger partial charge in [0.25, 0.3) is 0 Å². The SMILES string of the molecule is Cc1ncsc1CCOc1cc(F)ccc1Br. The molecule has 0 aliphatic carbocycles. The van der Waals surface area contributed by atoms with Crippen molar-refractivity contribution in [1.29, 1.82) is 0 Å². The van der Waals surface area contributed by atoms with Crippen LogP contribution in [-0.4, -0.2) is 11.6 Å². The minimum atomic E-state index is -0.294. The summed E-state index contributed by atoms with van der Waals surface area (Å²) < 4.78 is 19.3. The molecule has 2 nitrogen and oxygen atoms in total. The van der Waals surface area contributed by atoms with Crippen LogP contribution in [0.5, 0.6) is 5.75 Å². The molecule has 0 aliphatic heterocycles. The first kappa shape index (κ1) is 12.5. The third kappa shape index (κ3) is 3.26. The van der Waals surface area contributed by atoms with Gasteiger partial charge in [-0.25, -0.2) is 9.37 Å². The number of benzene rings is 1. The monoisotopic (exact) mass is 315 g/mol. The number of nitrogens with zero attached hydrogens (tertiary/aromatic N) is 1. The van der Waals surface area contributed by atoms with Crippen molar-refractivity contribution in [3.05, 3.63) is 44.6 Å². The average Bonchev–Trinajstić information content (AvgIpc) is 2.70. The Balaban J connectivity index is 1.94. The Kier molecular flexibility index (Phi) is 4.12. The topological polar surface area (TPSA) is 22.1 Å². The van der Waals surface area contributed by atoms with Gasteiger partial charge in [0.05, 0.1) is 22.3 Å². The van der Waals surface area contributed by atoms with Gasteiger partial charge in [0.1, 0.15) is 11.6 Å². The molecule has 90 valence electrons. The van der Waals surface area contributed by atoms with Crippen LogP contribution < -0.4 is 4.74 Å². The van der Waals surface area contributed by atoms with Crippen molar-refractivity contribution in [3.8, 4) is 5.75 Å². The minimum absolute atomic E-state index is 0.294. The maximum atomic E-state index is 13.0. The van der Waals surface area contributed by atoms with E-state index in [2.05, 4.69) is 20.9 Å². The first-order chi connectivity index (χ1) is 8.16. The van der Waals surface area contributed by atoms with Gasteiger partial charge in [-0.3, -0.25) is 0 Å². The zero-order valence-electron chi connectivity index (χ0n) is 9.24. The molecule has 0 amide bonds. The third-order valence-electron chi connectivity index (χ3n) is 2.32. The van der Waals surface area contributed by atoms with E-state index in [0.29, 0.717) is 12.4 Å². The van der Waals surface area contributed by atoms with E-state index < -0.39 is 0 Å². The van der Waals surface area contributed by atoms with Crippen LogP contribution in [0.25, 0.3) is 0 Å². The lowest BCUT2D eigenvalue weighted by Crippen LogP contribution is -2.02. The molecule has 0 fully saturated rings. The van der Waals surface area contributed by atoms with Crippen molar-refractivity contribution in [1.82, 2.24) is 4.98 Å². The number of thiazole rings is 1. The molecular formula is C12H11BrFNOS. The van der Waals surface area contributed by atoms with Crippen LogP contribution in [0.1, 0.15) is 10.6 Å². The molecule has 0 saturated heterocycles. The molecule has 2 rings (SSSR count). The standard InChI is InChI=1S/C12H11BrFNOS/c1-8-12(17-7-15-8)4-5-16-11-6-9(14)2-3-10(11)13/h2-3,6-7H,4-5H2,1H3. The van der Waals surface area contributed by atoms with Crippen LogP contribution in [0.15, 0.2) is 28.2 Å². The van der Waals surface area contributed by atoms with E-state index in [4.69, 9.17) is 4.74 Å². The summed E-state index contributed by atoms with van der Waals surface area (Å²) >= 11 is 4.94. The molecular weight excluding hydrogens is 305 g/mol. The number of hydrogen-bond acceptors (Lipinski definition) is 3. The zero-order chi connectivity index (χ0) is 12.3. The van der Waals surface area contributed by atoms with Crippen molar-refractivity contribution in [2.24, 2.45) is 0 Å². The second-order valence-electron chi connectivity index (χ2n) is 3.53. The van der Waals surface area contributed by atoms with Gasteiger partial charge in [0.2, 0.25) is 0 Å². The Labute approximate surface area is 112 Å². The molecule has 0 saturated carbocycles. The normalized spacial score (nSPS) is 10.5. The highest BCUT2D eigenvalue weighted by Crippen LogP contribution is 2.25. The van der Waals surface area contributed by atoms with Gasteiger partial charge >= 0.3 is 0 Å². The summed E-state index contributed by atoms with van der Waals surface area (Å²) in [5.41, 5.74) is 2.86. The van der Waals surface area contributed by atoms with Crippen LogP contribution in [0.2, 0.25) is 0 Å². The Morgan fingerprint density at radius 1 is 1.47 bits per heavy atom. The molecule has 1 aromatic heterocycles. The molecule has 0 radical (unpaired) electrons. The molecule has 0 aliphatic rings. The molecule has 0 atom stereocenters. The average molecular weight is 316 g/mol. The minimum Gasteiger partial charge on any atom is -0.492 e. The third-order valence-corrected chi connectivity index (χ3v) is 3.97. The van der Waals surface area contributed by atoms with Gasteiger partial charge in [-0.1, -0.05) is 0 Å². The van der Waals surface area contributed by atoms with E-state index >= 15 is 0 Å². The lowest BCUT2D eigenvalue weighted by Gasteiger charge is -2.07. The lowest BCUT2D eigenvalue weighted by molar-refractivity contribution is 0.319. The number of aryl methyl sites for hydroxylation is 1. The first-order valence-corrected chi connectivity index (χ1v) is 6.81. The Hall–Kier alpha value is -0.940. The Morgan fingerprint density at radius 3 is 3.00 bits per heavy atom. The van der Waals surface area contributed by atoms with Crippen LogP contribution in [0, 0.1) is 12.7 Å². The van der Waals surface area contributed by atoms with Crippen LogP contribution in [-0.2, 0) is 6.42 Å². The molecule has 1 aromatic carbocycles. The Bertz CT molecular complexity index is 515. The maximum Gasteiger partial charge on any atom is 0.136 e. The second-order valence-corrected chi connectivity index (χ2v) is 5.33. The predicted octanol–water partition coefficient (Wildman–Crippen LogP) is 3.97. The molecule has 0 bridgehead atoms. The summed E-state index contributed by atoms with van der Waals surface area (Å²) in [6.07, 6.45) is 0.791. The smallest absolute Gasteiger partial charge is 0.136 e. The largest absolute Gasteiger partial charge is 0.492 e. The van der Waals surface area contributed by atoms with Gasteiger partial charge in [-0.2, -0.15) is 0 Å². The van der Waals surface area contributed by atoms with Gasteiger partial charge in [0.15, 0.2) is 0 Å². The summed E-state index contributed by atoms with van der Waals surface area (Å²) in [7, 11) is 0. The van der Waals surface area contributed by atoms with Gasteiger partial charge in [0, 0.05) is 17.4 Å².